The third-order valence-electron chi connectivity index (χ3n) is 2.89. The van der Waals surface area contributed by atoms with Crippen molar-refractivity contribution in [2.45, 2.75) is 24.7 Å². The molecule has 13 heteroatoms. The Morgan fingerprint density at radius 3 is 0.724 bits per heavy atom. The summed E-state index contributed by atoms with van der Waals surface area (Å²) in [5, 5.41) is 0. The maximum atomic E-state index is 12.0. The molecule has 0 aliphatic rings. The minimum Gasteiger partial charge on any atom is -0.183 e. The van der Waals surface area contributed by atoms with Gasteiger partial charge in [0.25, 0.3) is 0 Å². The first kappa shape index (κ1) is 27.2. The van der Waals surface area contributed by atoms with Crippen molar-refractivity contribution in [3.05, 3.63) is 70.8 Å². The monoisotopic (exact) mass is 490 g/mol. The van der Waals surface area contributed by atoms with Gasteiger partial charge in [0.15, 0.2) is 0 Å². The van der Waals surface area contributed by atoms with Crippen molar-refractivity contribution in [1.82, 2.24) is 0 Å². The molecule has 0 atom stereocenters. The van der Waals surface area contributed by atoms with Gasteiger partial charge < -0.3 is 0 Å². The van der Waals surface area contributed by atoms with Gasteiger partial charge in [-0.3, -0.25) is 0 Å². The summed E-state index contributed by atoms with van der Waals surface area (Å²) in [6, 6.07) is 5.58. The fourth-order valence-electron chi connectivity index (χ4n) is 1.60. The Labute approximate surface area is 168 Å². The van der Waals surface area contributed by atoms with Crippen molar-refractivity contribution < 1.29 is 72.2 Å². The summed E-state index contributed by atoms with van der Waals surface area (Å²) < 4.78 is 144. The van der Waals surface area contributed by atoms with E-state index >= 15 is 0 Å². The molecule has 2 aromatic carbocycles. The molecular weight excluding hydrogens is 486 g/mol. The van der Waals surface area contributed by atoms with Crippen LogP contribution in [0.2, 0.25) is 0 Å². The minimum absolute atomic E-state index is 0. The largest absolute Gasteiger partial charge is 2.00 e. The van der Waals surface area contributed by atoms with Crippen molar-refractivity contribution in [1.29, 1.82) is 0 Å². The zero-order chi connectivity index (χ0) is 22.0. The number of benzene rings is 2. The molecule has 0 spiro atoms. The fraction of sp³-hybridized carbons (Fsp3) is 0.250. The maximum absolute atomic E-state index is 12.0. The summed E-state index contributed by atoms with van der Waals surface area (Å²) in [6.45, 7) is 0. The second-order valence-corrected chi connectivity index (χ2v) is 5.01. The van der Waals surface area contributed by atoms with Crippen molar-refractivity contribution in [3.63, 3.8) is 0 Å². The van der Waals surface area contributed by atoms with E-state index < -0.39 is 47.0 Å². The van der Waals surface area contributed by atoms with Crippen LogP contribution in [0.25, 0.3) is 0 Å². The molecule has 0 aliphatic carbocycles. The molecular formula is C16H6F12Zn. The Balaban J connectivity index is 0.000000523. The summed E-state index contributed by atoms with van der Waals surface area (Å²) in [5.41, 5.74) is -5.42. The van der Waals surface area contributed by atoms with E-state index in [-0.39, 0.29) is 31.6 Å². The Hall–Kier alpha value is -1.78. The van der Waals surface area contributed by atoms with E-state index in [9.17, 15) is 52.7 Å². The van der Waals surface area contributed by atoms with Crippen LogP contribution < -0.4 is 0 Å². The van der Waals surface area contributed by atoms with E-state index in [1.807, 2.05) is 0 Å². The van der Waals surface area contributed by atoms with Crippen LogP contribution in [0.15, 0.2) is 36.4 Å². The van der Waals surface area contributed by atoms with Gasteiger partial charge in [-0.25, -0.2) is 0 Å². The molecule has 0 radical (unpaired) electrons. The molecule has 0 fully saturated rings. The van der Waals surface area contributed by atoms with Gasteiger partial charge in [-0.05, 0) is 0 Å². The zero-order valence-electron chi connectivity index (χ0n) is 13.7. The Morgan fingerprint density at radius 1 is 0.414 bits per heavy atom. The van der Waals surface area contributed by atoms with Crippen LogP contribution in [0.1, 0.15) is 22.3 Å². The van der Waals surface area contributed by atoms with Crippen LogP contribution in [-0.4, -0.2) is 0 Å². The predicted molar refractivity (Wildman–Crippen MR) is 70.6 cm³/mol. The average molecular weight is 492 g/mol. The first-order valence-corrected chi connectivity index (χ1v) is 6.73. The average Bonchev–Trinajstić information content (AvgIpc) is 2.52. The normalized spacial score (nSPS) is 12.6. The van der Waals surface area contributed by atoms with E-state index in [0.29, 0.717) is 24.3 Å². The minimum atomic E-state index is -4.78. The van der Waals surface area contributed by atoms with Gasteiger partial charge in [0.2, 0.25) is 0 Å². The number of rotatable bonds is 0. The van der Waals surface area contributed by atoms with Crippen LogP contribution in [0.3, 0.4) is 0 Å². The molecule has 156 valence electrons. The van der Waals surface area contributed by atoms with Crippen LogP contribution in [0.5, 0.6) is 0 Å². The summed E-state index contributed by atoms with van der Waals surface area (Å²) in [6.07, 6.45) is -19.1. The molecule has 0 unspecified atom stereocenters. The number of hydrogen-bond acceptors (Lipinski definition) is 0. The van der Waals surface area contributed by atoms with Crippen molar-refractivity contribution in [2.24, 2.45) is 0 Å². The molecule has 0 heterocycles. The first-order valence-electron chi connectivity index (χ1n) is 6.73. The van der Waals surface area contributed by atoms with Gasteiger partial charge in [-0.2, -0.15) is 89.1 Å². The second-order valence-electron chi connectivity index (χ2n) is 5.01. The maximum Gasteiger partial charge on any atom is 2.00 e. The Morgan fingerprint density at radius 2 is 0.586 bits per heavy atom. The van der Waals surface area contributed by atoms with E-state index in [4.69, 9.17) is 0 Å². The Kier molecular flexibility index (Phi) is 8.78. The molecule has 0 saturated heterocycles. The molecule has 2 aromatic rings. The molecule has 2 rings (SSSR count). The molecule has 0 nitrogen and oxygen atoms in total. The van der Waals surface area contributed by atoms with Gasteiger partial charge in [0, 0.05) is 0 Å². The van der Waals surface area contributed by atoms with Gasteiger partial charge >= 0.3 is 44.2 Å². The zero-order valence-corrected chi connectivity index (χ0v) is 16.7. The smallest absolute Gasteiger partial charge is 0.183 e. The SMILES string of the molecule is FC(F)(F)c1c[c-]cc(C(F)(F)F)c1.FC(F)(F)c1c[c-]cc(C(F)(F)F)c1.[Zn+2]. The van der Waals surface area contributed by atoms with E-state index in [2.05, 4.69) is 0 Å². The molecule has 29 heavy (non-hydrogen) atoms. The van der Waals surface area contributed by atoms with Gasteiger partial charge in [0.1, 0.15) is 0 Å². The van der Waals surface area contributed by atoms with E-state index in [1.165, 1.54) is 0 Å². The quantitative estimate of drug-likeness (QED) is 0.211. The van der Waals surface area contributed by atoms with Crippen LogP contribution in [-0.2, 0) is 44.2 Å². The molecule has 0 bridgehead atoms. The van der Waals surface area contributed by atoms with Crippen LogP contribution in [0, 0.1) is 12.1 Å². The second kappa shape index (κ2) is 9.36. The fourth-order valence-corrected chi connectivity index (χ4v) is 1.60. The summed E-state index contributed by atoms with van der Waals surface area (Å²) in [4.78, 5) is 0. The van der Waals surface area contributed by atoms with Crippen molar-refractivity contribution >= 4 is 0 Å². The summed E-state index contributed by atoms with van der Waals surface area (Å²) in [7, 11) is 0. The standard InChI is InChI=1S/2C8H3F6.Zn/c2*9-7(10,11)5-2-1-3-6(4-5)8(12,13)14;/h2*2-4H;/q2*-1;+2. The van der Waals surface area contributed by atoms with Crippen molar-refractivity contribution in [2.75, 3.05) is 0 Å². The molecule has 0 aliphatic heterocycles. The molecule has 0 saturated carbocycles. The number of alkyl halides is 12. The van der Waals surface area contributed by atoms with E-state index in [1.54, 1.807) is 12.1 Å². The molecule has 0 N–H and O–H groups in total. The van der Waals surface area contributed by atoms with Crippen LogP contribution in [0.4, 0.5) is 52.7 Å². The number of halogens is 12. The van der Waals surface area contributed by atoms with Gasteiger partial charge in [0.05, 0.1) is 0 Å². The summed E-state index contributed by atoms with van der Waals surface area (Å²) >= 11 is 0. The van der Waals surface area contributed by atoms with Gasteiger partial charge in [-0.15, -0.1) is 12.1 Å². The third-order valence-corrected chi connectivity index (χ3v) is 2.89. The van der Waals surface area contributed by atoms with Crippen molar-refractivity contribution in [3.8, 4) is 0 Å². The van der Waals surface area contributed by atoms with Crippen LogP contribution >= 0.6 is 0 Å². The topological polar surface area (TPSA) is 0 Å². The van der Waals surface area contributed by atoms with Gasteiger partial charge in [-0.1, -0.05) is 22.3 Å². The Bertz CT molecular complexity index is 658. The first-order chi connectivity index (χ1) is 12.4. The molecule has 0 aromatic heterocycles. The third kappa shape index (κ3) is 8.63. The molecule has 0 amide bonds. The summed E-state index contributed by atoms with van der Waals surface area (Å²) in [5.74, 6) is 0. The number of hydrogen-bond donors (Lipinski definition) is 0. The predicted octanol–water partition coefficient (Wildman–Crippen LogP) is 7.05. The van der Waals surface area contributed by atoms with E-state index in [0.717, 1.165) is 0 Å².